The lowest BCUT2D eigenvalue weighted by molar-refractivity contribution is -0.166. The van der Waals surface area contributed by atoms with E-state index in [0.29, 0.717) is 0 Å². The first kappa shape index (κ1) is 17.1. The average molecular weight is 370 g/mol. The molecule has 27 heavy (non-hydrogen) atoms. The van der Waals surface area contributed by atoms with Crippen molar-refractivity contribution >= 4 is 11.7 Å². The van der Waals surface area contributed by atoms with E-state index in [1.165, 1.54) is 12.5 Å². The molecule has 4 aliphatic rings. The Balaban J connectivity index is 1.70. The van der Waals surface area contributed by atoms with E-state index in [2.05, 4.69) is 34.1 Å². The number of rotatable bonds is 2. The molecule has 0 radical (unpaired) electrons. The van der Waals surface area contributed by atoms with Crippen molar-refractivity contribution in [3.63, 3.8) is 0 Å². The van der Waals surface area contributed by atoms with Crippen LogP contribution in [0.25, 0.3) is 0 Å². The third-order valence-electron chi connectivity index (χ3n) is 7.17. The summed E-state index contributed by atoms with van der Waals surface area (Å²) in [7, 11) is 3.71. The highest BCUT2D eigenvalue weighted by Crippen LogP contribution is 2.60. The number of carbonyl (C=O) groups is 1. The van der Waals surface area contributed by atoms with E-state index in [4.69, 9.17) is 9.47 Å². The van der Waals surface area contributed by atoms with Crippen molar-refractivity contribution < 1.29 is 19.4 Å². The smallest absolute Gasteiger partial charge is 0.303 e. The molecule has 1 saturated heterocycles. The molecule has 6 heteroatoms. The summed E-state index contributed by atoms with van der Waals surface area (Å²) in [6.45, 7) is 3.32. The Morgan fingerprint density at radius 1 is 1.33 bits per heavy atom. The van der Waals surface area contributed by atoms with E-state index in [1.807, 2.05) is 13.1 Å². The average Bonchev–Trinajstić information content (AvgIpc) is 3.16. The number of hydrogen-bond donors (Lipinski definition) is 1. The largest absolute Gasteiger partial charge is 0.497 e. The maximum Gasteiger partial charge on any atom is 0.303 e. The number of benzene rings is 1. The maximum absolute atomic E-state index is 11.8. The first-order valence-corrected chi connectivity index (χ1v) is 9.66. The number of hydrogen-bond acceptors (Lipinski definition) is 6. The van der Waals surface area contributed by atoms with E-state index in [-0.39, 0.29) is 29.4 Å². The van der Waals surface area contributed by atoms with Gasteiger partial charge >= 0.3 is 5.97 Å². The summed E-state index contributed by atoms with van der Waals surface area (Å²) >= 11 is 0. The number of aliphatic hydroxyl groups is 1. The van der Waals surface area contributed by atoms with Crippen molar-refractivity contribution in [3.05, 3.63) is 35.9 Å². The predicted octanol–water partition coefficient (Wildman–Crippen LogP) is 1.32. The van der Waals surface area contributed by atoms with Gasteiger partial charge in [0.1, 0.15) is 18.0 Å². The number of aliphatic hydroxyl groups excluding tert-OH is 1. The SMILES string of the molecule is COc1ccc2c(c1)N(C)[C@H]1[C@H](O)C(OC(C)=O)C3C=CCN4CC[C@]21C34. The van der Waals surface area contributed by atoms with Crippen molar-refractivity contribution in [3.8, 4) is 5.75 Å². The fourth-order valence-corrected chi connectivity index (χ4v) is 6.36. The van der Waals surface area contributed by atoms with E-state index in [1.54, 1.807) is 7.11 Å². The Morgan fingerprint density at radius 2 is 2.15 bits per heavy atom. The normalized spacial score (nSPS) is 39.0. The Morgan fingerprint density at radius 3 is 2.89 bits per heavy atom. The van der Waals surface area contributed by atoms with Crippen LogP contribution in [0.1, 0.15) is 18.9 Å². The van der Waals surface area contributed by atoms with Crippen LogP contribution in [-0.4, -0.2) is 67.5 Å². The molecular formula is C21H26N2O4. The molecule has 3 aliphatic heterocycles. The van der Waals surface area contributed by atoms with E-state index >= 15 is 0 Å². The van der Waals surface area contributed by atoms with Crippen LogP contribution >= 0.6 is 0 Å². The number of fused-ring (bicyclic) bond motifs is 1. The standard InChI is InChI=1S/C21H26N2O4/c1-12(24)27-18-14-5-4-9-23-10-8-21(19(14)23)15-7-6-13(26-3)11-16(15)22(2)20(21)17(18)25/h4-7,11,14,17-20,25H,8-10H2,1-3H3/t14?,17-,18?,19?,20+,21-/m1/s1. The first-order valence-electron chi connectivity index (χ1n) is 9.66. The summed E-state index contributed by atoms with van der Waals surface area (Å²) in [5.41, 5.74) is 2.22. The van der Waals surface area contributed by atoms with Crippen LogP contribution in [0.15, 0.2) is 30.4 Å². The number of esters is 1. The van der Waals surface area contributed by atoms with Gasteiger partial charge in [0, 0.05) is 49.6 Å². The van der Waals surface area contributed by atoms with Gasteiger partial charge in [-0.3, -0.25) is 9.69 Å². The molecule has 1 N–H and O–H groups in total. The van der Waals surface area contributed by atoms with Gasteiger partial charge in [0.2, 0.25) is 0 Å². The highest BCUT2D eigenvalue weighted by atomic mass is 16.6. The fraction of sp³-hybridized carbons (Fsp3) is 0.571. The highest BCUT2D eigenvalue weighted by Gasteiger charge is 2.68. The molecule has 1 aromatic carbocycles. The molecular weight excluding hydrogens is 344 g/mol. The lowest BCUT2D eigenvalue weighted by Gasteiger charge is -2.54. The number of methoxy groups -OCH3 is 1. The van der Waals surface area contributed by atoms with Crippen LogP contribution < -0.4 is 9.64 Å². The monoisotopic (exact) mass is 370 g/mol. The molecule has 3 unspecified atom stereocenters. The van der Waals surface area contributed by atoms with Crippen molar-refractivity contribution in [2.45, 2.75) is 43.1 Å². The molecule has 0 aromatic heterocycles. The summed E-state index contributed by atoms with van der Waals surface area (Å²) in [6.07, 6.45) is 4.02. The Hall–Kier alpha value is -2.05. The molecule has 1 aliphatic carbocycles. The number of likely N-dealkylation sites (N-methyl/N-ethyl adjacent to an activating group) is 1. The van der Waals surface area contributed by atoms with Crippen LogP contribution in [0, 0.1) is 5.92 Å². The van der Waals surface area contributed by atoms with Gasteiger partial charge < -0.3 is 19.5 Å². The van der Waals surface area contributed by atoms with Crippen molar-refractivity contribution in [1.29, 1.82) is 0 Å². The Kier molecular flexibility index (Phi) is 3.62. The van der Waals surface area contributed by atoms with E-state index in [9.17, 15) is 9.90 Å². The third kappa shape index (κ3) is 2.05. The molecule has 0 amide bonds. The molecule has 1 aromatic rings. The number of anilines is 1. The summed E-state index contributed by atoms with van der Waals surface area (Å²) in [6, 6.07) is 6.35. The summed E-state index contributed by atoms with van der Waals surface area (Å²) in [4.78, 5) is 16.5. The van der Waals surface area contributed by atoms with Crippen molar-refractivity contribution in [2.75, 3.05) is 32.1 Å². The van der Waals surface area contributed by atoms with Crippen LogP contribution in [0.3, 0.4) is 0 Å². The number of nitrogens with zero attached hydrogens (tertiary/aromatic N) is 2. The summed E-state index contributed by atoms with van der Waals surface area (Å²) < 4.78 is 11.1. The second kappa shape index (κ2) is 5.72. The zero-order chi connectivity index (χ0) is 18.9. The molecule has 2 fully saturated rings. The molecule has 5 rings (SSSR count). The van der Waals surface area contributed by atoms with Crippen LogP contribution in [0.4, 0.5) is 5.69 Å². The number of carbonyl (C=O) groups excluding carboxylic acids is 1. The number of ether oxygens (including phenoxy) is 2. The van der Waals surface area contributed by atoms with Crippen molar-refractivity contribution in [1.82, 2.24) is 4.90 Å². The van der Waals surface area contributed by atoms with E-state index in [0.717, 1.165) is 30.9 Å². The molecule has 6 nitrogen and oxygen atoms in total. The minimum atomic E-state index is -0.749. The van der Waals surface area contributed by atoms with Gasteiger partial charge in [0.05, 0.1) is 13.2 Å². The lowest BCUT2D eigenvalue weighted by Crippen LogP contribution is -2.69. The van der Waals surface area contributed by atoms with Gasteiger partial charge in [0.15, 0.2) is 0 Å². The highest BCUT2D eigenvalue weighted by molar-refractivity contribution is 5.70. The Bertz CT molecular complexity index is 824. The lowest BCUT2D eigenvalue weighted by atomic mass is 9.58. The van der Waals surface area contributed by atoms with Gasteiger partial charge in [-0.2, -0.15) is 0 Å². The zero-order valence-electron chi connectivity index (χ0n) is 16.0. The second-order valence-corrected chi connectivity index (χ2v) is 8.24. The minimum Gasteiger partial charge on any atom is -0.497 e. The minimum absolute atomic E-state index is 0.00199. The summed E-state index contributed by atoms with van der Waals surface area (Å²) in [5.74, 6) is 0.476. The molecule has 3 heterocycles. The fourth-order valence-electron chi connectivity index (χ4n) is 6.36. The van der Waals surface area contributed by atoms with E-state index < -0.39 is 12.2 Å². The molecule has 1 saturated carbocycles. The van der Waals surface area contributed by atoms with Crippen molar-refractivity contribution in [2.24, 2.45) is 5.92 Å². The zero-order valence-corrected chi connectivity index (χ0v) is 16.0. The van der Waals surface area contributed by atoms with Gasteiger partial charge in [-0.15, -0.1) is 0 Å². The molecule has 1 spiro atoms. The van der Waals surface area contributed by atoms with Gasteiger partial charge in [0.25, 0.3) is 0 Å². The first-order chi connectivity index (χ1) is 13.0. The third-order valence-corrected chi connectivity index (χ3v) is 7.17. The topological polar surface area (TPSA) is 62.2 Å². The summed E-state index contributed by atoms with van der Waals surface area (Å²) in [5, 5.41) is 11.4. The van der Waals surface area contributed by atoms with Gasteiger partial charge in [-0.05, 0) is 24.6 Å². The molecule has 144 valence electrons. The molecule has 6 atom stereocenters. The van der Waals surface area contributed by atoms with Gasteiger partial charge in [-0.1, -0.05) is 18.2 Å². The quantitative estimate of drug-likeness (QED) is 0.626. The maximum atomic E-state index is 11.8. The Labute approximate surface area is 159 Å². The predicted molar refractivity (Wildman–Crippen MR) is 101 cm³/mol. The van der Waals surface area contributed by atoms with Crippen LogP contribution in [0.5, 0.6) is 5.75 Å². The molecule has 0 bridgehead atoms. The second-order valence-electron chi connectivity index (χ2n) is 8.24. The van der Waals surface area contributed by atoms with Gasteiger partial charge in [-0.25, -0.2) is 0 Å². The van der Waals surface area contributed by atoms with Crippen LogP contribution in [-0.2, 0) is 14.9 Å². The van der Waals surface area contributed by atoms with Crippen LogP contribution in [0.2, 0.25) is 0 Å².